The Morgan fingerprint density at radius 3 is 2.62 bits per heavy atom. The van der Waals surface area contributed by atoms with E-state index in [1.165, 1.54) is 19.3 Å². The van der Waals surface area contributed by atoms with Crippen LogP contribution in [0.5, 0.6) is 5.75 Å². The number of benzene rings is 1. The predicted octanol–water partition coefficient (Wildman–Crippen LogP) is 4.20. The van der Waals surface area contributed by atoms with Gasteiger partial charge in [0, 0.05) is 11.7 Å². The highest BCUT2D eigenvalue weighted by molar-refractivity contribution is 7.80. The van der Waals surface area contributed by atoms with Gasteiger partial charge in [-0.2, -0.15) is 0 Å². The molecule has 0 saturated heterocycles. The number of hydrogen-bond acceptors (Lipinski definition) is 2. The first kappa shape index (κ1) is 16.1. The van der Waals surface area contributed by atoms with E-state index in [0.29, 0.717) is 23.7 Å². The zero-order chi connectivity index (χ0) is 15.2. The van der Waals surface area contributed by atoms with E-state index in [1.54, 1.807) is 0 Å². The van der Waals surface area contributed by atoms with Crippen molar-refractivity contribution in [1.82, 2.24) is 5.32 Å². The molecule has 4 heteroatoms. The molecule has 116 valence electrons. The molecule has 1 aliphatic carbocycles. The van der Waals surface area contributed by atoms with Crippen LogP contribution in [0.2, 0.25) is 0 Å². The maximum absolute atomic E-state index is 5.44. The average Bonchev–Trinajstić information content (AvgIpc) is 2.46. The second kappa shape index (κ2) is 7.64. The molecule has 0 radical (unpaired) electrons. The minimum atomic E-state index is 0.483. The zero-order valence-corrected chi connectivity index (χ0v) is 14.0. The van der Waals surface area contributed by atoms with E-state index in [0.717, 1.165) is 17.4 Å². The normalized spacial score (nSPS) is 25.2. The Hall–Kier alpha value is -1.29. The monoisotopic (exact) mass is 306 g/mol. The molecule has 0 aliphatic heterocycles. The van der Waals surface area contributed by atoms with Gasteiger partial charge >= 0.3 is 0 Å². The lowest BCUT2D eigenvalue weighted by Gasteiger charge is -2.35. The number of rotatable bonds is 4. The summed E-state index contributed by atoms with van der Waals surface area (Å²) in [6, 6.07) is 8.38. The van der Waals surface area contributed by atoms with Crippen molar-refractivity contribution >= 4 is 23.0 Å². The fraction of sp³-hybridized carbons (Fsp3) is 0.588. The van der Waals surface area contributed by atoms with Gasteiger partial charge in [0.15, 0.2) is 5.11 Å². The molecule has 1 fully saturated rings. The molecular weight excluding hydrogens is 280 g/mol. The Bertz CT molecular complexity index is 460. The quantitative estimate of drug-likeness (QED) is 0.817. The fourth-order valence-electron chi connectivity index (χ4n) is 2.92. The first-order valence-electron chi connectivity index (χ1n) is 7.90. The van der Waals surface area contributed by atoms with Crippen molar-refractivity contribution in [3.8, 4) is 5.75 Å². The van der Waals surface area contributed by atoms with Gasteiger partial charge in [-0.15, -0.1) is 0 Å². The van der Waals surface area contributed by atoms with Gasteiger partial charge in [-0.3, -0.25) is 0 Å². The van der Waals surface area contributed by atoms with Gasteiger partial charge in [-0.05, 0) is 61.7 Å². The molecule has 21 heavy (non-hydrogen) atoms. The largest absolute Gasteiger partial charge is 0.494 e. The summed E-state index contributed by atoms with van der Waals surface area (Å²) in [5.41, 5.74) is 0.993. The van der Waals surface area contributed by atoms with E-state index in [-0.39, 0.29) is 0 Å². The molecule has 0 heterocycles. The molecule has 1 aliphatic rings. The third-order valence-corrected chi connectivity index (χ3v) is 4.67. The third kappa shape index (κ3) is 4.60. The minimum Gasteiger partial charge on any atom is -0.494 e. The van der Waals surface area contributed by atoms with Gasteiger partial charge in [-0.1, -0.05) is 26.7 Å². The van der Waals surface area contributed by atoms with Crippen LogP contribution in [0.3, 0.4) is 0 Å². The van der Waals surface area contributed by atoms with Crippen molar-refractivity contribution in [1.29, 1.82) is 0 Å². The molecule has 3 atom stereocenters. The van der Waals surface area contributed by atoms with E-state index in [4.69, 9.17) is 17.0 Å². The smallest absolute Gasteiger partial charge is 0.171 e. The SMILES string of the molecule is CCOc1ccc(NC(=S)NC2CCCC(C)C2C)cc1. The van der Waals surface area contributed by atoms with Crippen molar-refractivity contribution in [2.75, 3.05) is 11.9 Å². The van der Waals surface area contributed by atoms with Crippen LogP contribution in [0.15, 0.2) is 24.3 Å². The number of nitrogens with one attached hydrogen (secondary N) is 2. The molecule has 1 aromatic rings. The van der Waals surface area contributed by atoms with Crippen LogP contribution in [-0.2, 0) is 0 Å². The summed E-state index contributed by atoms with van der Waals surface area (Å²) in [6.45, 7) is 7.32. The molecule has 0 spiro atoms. The lowest BCUT2D eigenvalue weighted by Crippen LogP contribution is -2.45. The molecule has 1 aromatic carbocycles. The Labute approximate surface area is 133 Å². The van der Waals surface area contributed by atoms with Crippen LogP contribution in [0.1, 0.15) is 40.0 Å². The summed E-state index contributed by atoms with van der Waals surface area (Å²) in [5.74, 6) is 2.32. The fourth-order valence-corrected chi connectivity index (χ4v) is 3.19. The van der Waals surface area contributed by atoms with Crippen molar-refractivity contribution in [2.45, 2.75) is 46.1 Å². The summed E-state index contributed by atoms with van der Waals surface area (Å²) in [5, 5.41) is 7.45. The molecule has 2 N–H and O–H groups in total. The Morgan fingerprint density at radius 2 is 1.95 bits per heavy atom. The predicted molar refractivity (Wildman–Crippen MR) is 92.9 cm³/mol. The number of ether oxygens (including phenoxy) is 1. The van der Waals surface area contributed by atoms with Gasteiger partial charge in [0.2, 0.25) is 0 Å². The van der Waals surface area contributed by atoms with Crippen molar-refractivity contribution in [3.05, 3.63) is 24.3 Å². The maximum atomic E-state index is 5.44. The second-order valence-corrected chi connectivity index (χ2v) is 6.34. The van der Waals surface area contributed by atoms with Crippen LogP contribution in [-0.4, -0.2) is 17.8 Å². The first-order chi connectivity index (χ1) is 10.1. The lowest BCUT2D eigenvalue weighted by atomic mass is 9.78. The Kier molecular flexibility index (Phi) is 5.85. The summed E-state index contributed by atoms with van der Waals surface area (Å²) in [6.07, 6.45) is 3.82. The average molecular weight is 306 g/mol. The van der Waals surface area contributed by atoms with E-state index in [9.17, 15) is 0 Å². The minimum absolute atomic E-state index is 0.483. The number of thiocarbonyl (C=S) groups is 1. The molecule has 2 rings (SSSR count). The van der Waals surface area contributed by atoms with Crippen LogP contribution in [0, 0.1) is 11.8 Å². The van der Waals surface area contributed by atoms with Gasteiger partial charge < -0.3 is 15.4 Å². The van der Waals surface area contributed by atoms with Crippen LogP contribution in [0.25, 0.3) is 0 Å². The molecule has 3 nitrogen and oxygen atoms in total. The van der Waals surface area contributed by atoms with Gasteiger partial charge in [0.1, 0.15) is 5.75 Å². The molecular formula is C17H26N2OS. The number of anilines is 1. The Morgan fingerprint density at radius 1 is 1.24 bits per heavy atom. The highest BCUT2D eigenvalue weighted by atomic mass is 32.1. The van der Waals surface area contributed by atoms with Crippen molar-refractivity contribution in [2.24, 2.45) is 11.8 Å². The molecule has 3 unspecified atom stereocenters. The third-order valence-electron chi connectivity index (χ3n) is 4.45. The van der Waals surface area contributed by atoms with Gasteiger partial charge in [0.25, 0.3) is 0 Å². The molecule has 1 saturated carbocycles. The highest BCUT2D eigenvalue weighted by Gasteiger charge is 2.27. The standard InChI is InChI=1S/C17H26N2OS/c1-4-20-15-10-8-14(9-11-15)18-17(21)19-16-7-5-6-12(2)13(16)3/h8-13,16H,4-7H2,1-3H3,(H2,18,19,21). The lowest BCUT2D eigenvalue weighted by molar-refractivity contribution is 0.225. The summed E-state index contributed by atoms with van der Waals surface area (Å²) in [7, 11) is 0. The highest BCUT2D eigenvalue weighted by Crippen LogP contribution is 2.29. The van der Waals surface area contributed by atoms with E-state index in [1.807, 2.05) is 31.2 Å². The van der Waals surface area contributed by atoms with E-state index >= 15 is 0 Å². The molecule has 0 aromatic heterocycles. The van der Waals surface area contributed by atoms with Crippen molar-refractivity contribution < 1.29 is 4.74 Å². The van der Waals surface area contributed by atoms with E-state index in [2.05, 4.69) is 24.5 Å². The summed E-state index contributed by atoms with van der Waals surface area (Å²) < 4.78 is 5.44. The van der Waals surface area contributed by atoms with Gasteiger partial charge in [-0.25, -0.2) is 0 Å². The van der Waals surface area contributed by atoms with E-state index < -0.39 is 0 Å². The summed E-state index contributed by atoms with van der Waals surface area (Å²) >= 11 is 5.44. The van der Waals surface area contributed by atoms with Crippen LogP contribution in [0.4, 0.5) is 5.69 Å². The van der Waals surface area contributed by atoms with Gasteiger partial charge in [0.05, 0.1) is 6.61 Å². The van der Waals surface area contributed by atoms with Crippen LogP contribution < -0.4 is 15.4 Å². The zero-order valence-electron chi connectivity index (χ0n) is 13.2. The van der Waals surface area contributed by atoms with Crippen molar-refractivity contribution in [3.63, 3.8) is 0 Å². The number of hydrogen-bond donors (Lipinski definition) is 2. The Balaban J connectivity index is 1.86. The molecule has 0 amide bonds. The first-order valence-corrected chi connectivity index (χ1v) is 8.31. The molecule has 0 bridgehead atoms. The van der Waals surface area contributed by atoms with Crippen LogP contribution >= 0.6 is 12.2 Å². The maximum Gasteiger partial charge on any atom is 0.171 e. The second-order valence-electron chi connectivity index (χ2n) is 5.93. The summed E-state index contributed by atoms with van der Waals surface area (Å²) in [4.78, 5) is 0. The topological polar surface area (TPSA) is 33.3 Å².